The van der Waals surface area contributed by atoms with Crippen molar-refractivity contribution in [3.63, 3.8) is 0 Å². The van der Waals surface area contributed by atoms with E-state index in [9.17, 15) is 4.39 Å². The third kappa shape index (κ3) is 2.93. The molecule has 120 valence electrons. The van der Waals surface area contributed by atoms with Gasteiger partial charge in [0.25, 0.3) is 0 Å². The molecule has 0 spiro atoms. The van der Waals surface area contributed by atoms with Crippen molar-refractivity contribution in [3.05, 3.63) is 48.3 Å². The highest BCUT2D eigenvalue weighted by molar-refractivity contribution is 5.86. The fraction of sp³-hybridized carbons (Fsp3) is 0.316. The molecule has 0 aliphatic carbocycles. The molecule has 4 heteroatoms. The molecule has 1 aromatic heterocycles. The third-order valence-corrected chi connectivity index (χ3v) is 4.01. The van der Waals surface area contributed by atoms with E-state index in [-0.39, 0.29) is 5.82 Å². The Morgan fingerprint density at radius 3 is 2.61 bits per heavy atom. The first kappa shape index (κ1) is 15.5. The van der Waals surface area contributed by atoms with Crippen molar-refractivity contribution in [1.29, 1.82) is 0 Å². The highest BCUT2D eigenvalue weighted by atomic mass is 19.1. The van der Waals surface area contributed by atoms with Crippen LogP contribution in [0.4, 0.5) is 4.39 Å². The van der Waals surface area contributed by atoms with Gasteiger partial charge >= 0.3 is 0 Å². The molecular formula is C19H21FN2O. The monoisotopic (exact) mass is 312 g/mol. The largest absolute Gasteiger partial charge is 0.494 e. The van der Waals surface area contributed by atoms with Gasteiger partial charge in [0.05, 0.1) is 18.2 Å². The van der Waals surface area contributed by atoms with Crippen LogP contribution in [0.25, 0.3) is 22.4 Å². The lowest BCUT2D eigenvalue weighted by Gasteiger charge is -2.11. The predicted octanol–water partition coefficient (Wildman–Crippen LogP) is 4.90. The van der Waals surface area contributed by atoms with Gasteiger partial charge in [-0.1, -0.05) is 32.0 Å². The van der Waals surface area contributed by atoms with E-state index in [4.69, 9.17) is 9.72 Å². The van der Waals surface area contributed by atoms with E-state index < -0.39 is 0 Å². The molecule has 0 aliphatic rings. The molecule has 0 saturated carbocycles. The quantitative estimate of drug-likeness (QED) is 0.670. The highest BCUT2D eigenvalue weighted by Gasteiger charge is 2.17. The van der Waals surface area contributed by atoms with Gasteiger partial charge in [-0.05, 0) is 36.6 Å². The maximum Gasteiger partial charge on any atom is 0.146 e. The summed E-state index contributed by atoms with van der Waals surface area (Å²) in [5.74, 6) is 1.67. The normalized spacial score (nSPS) is 11.3. The molecule has 2 aromatic carbocycles. The molecule has 3 rings (SSSR count). The Hall–Kier alpha value is -2.36. The van der Waals surface area contributed by atoms with Crippen LogP contribution < -0.4 is 4.74 Å². The smallest absolute Gasteiger partial charge is 0.146 e. The Morgan fingerprint density at radius 2 is 1.91 bits per heavy atom. The third-order valence-electron chi connectivity index (χ3n) is 4.01. The minimum atomic E-state index is -0.257. The lowest BCUT2D eigenvalue weighted by Crippen LogP contribution is -2.04. The maximum atomic E-state index is 14.3. The first-order valence-electron chi connectivity index (χ1n) is 7.90. The van der Waals surface area contributed by atoms with Crippen molar-refractivity contribution in [1.82, 2.24) is 9.55 Å². The summed E-state index contributed by atoms with van der Waals surface area (Å²) in [6.07, 6.45) is 1.00. The summed E-state index contributed by atoms with van der Waals surface area (Å²) in [5, 5.41) is 0. The second-order valence-electron chi connectivity index (χ2n) is 6.08. The van der Waals surface area contributed by atoms with Crippen molar-refractivity contribution in [2.24, 2.45) is 5.92 Å². The summed E-state index contributed by atoms with van der Waals surface area (Å²) < 4.78 is 21.8. The molecule has 0 saturated heterocycles. The van der Waals surface area contributed by atoms with Crippen LogP contribution in [0.3, 0.4) is 0 Å². The molecule has 0 fully saturated rings. The number of halogens is 1. The Balaban J connectivity index is 2.23. The molecule has 0 radical (unpaired) electrons. The van der Waals surface area contributed by atoms with Gasteiger partial charge in [-0.15, -0.1) is 0 Å². The zero-order valence-electron chi connectivity index (χ0n) is 13.7. The fourth-order valence-electron chi connectivity index (χ4n) is 2.75. The van der Waals surface area contributed by atoms with Gasteiger partial charge < -0.3 is 9.30 Å². The number of ether oxygens (including phenoxy) is 1. The molecule has 3 aromatic rings. The number of fused-ring (bicyclic) bond motifs is 1. The van der Waals surface area contributed by atoms with Crippen LogP contribution in [0.15, 0.2) is 42.5 Å². The van der Waals surface area contributed by atoms with Gasteiger partial charge in [0.15, 0.2) is 0 Å². The highest BCUT2D eigenvalue weighted by Crippen LogP contribution is 2.32. The standard InChI is InChI=1S/C19H21FN2O/c1-13(2)11-12-22-16-9-6-10-17(23-3)18(16)21-19(22)14-7-4-5-8-15(14)20/h4-10,13H,11-12H2,1-3H3. The summed E-state index contributed by atoms with van der Waals surface area (Å²) in [7, 11) is 1.63. The van der Waals surface area contributed by atoms with E-state index in [1.54, 1.807) is 19.2 Å². The van der Waals surface area contributed by atoms with Crippen LogP contribution in [0, 0.1) is 11.7 Å². The summed E-state index contributed by atoms with van der Waals surface area (Å²) in [6, 6.07) is 12.6. The van der Waals surface area contributed by atoms with Gasteiger partial charge in [0.2, 0.25) is 0 Å². The molecule has 1 heterocycles. The molecule has 0 unspecified atom stereocenters. The van der Waals surface area contributed by atoms with Crippen molar-refractivity contribution in [3.8, 4) is 17.1 Å². The van der Waals surface area contributed by atoms with E-state index >= 15 is 0 Å². The predicted molar refractivity (Wildman–Crippen MR) is 91.1 cm³/mol. The van der Waals surface area contributed by atoms with Gasteiger partial charge in [0.1, 0.15) is 22.9 Å². The molecule has 23 heavy (non-hydrogen) atoms. The molecule has 0 N–H and O–H groups in total. The molecule has 0 bridgehead atoms. The second kappa shape index (κ2) is 6.41. The fourth-order valence-corrected chi connectivity index (χ4v) is 2.75. The Labute approximate surface area is 135 Å². The van der Waals surface area contributed by atoms with Crippen LogP contribution in [-0.2, 0) is 6.54 Å². The zero-order valence-corrected chi connectivity index (χ0v) is 13.7. The average Bonchev–Trinajstić information content (AvgIpc) is 2.91. The molecule has 0 atom stereocenters. The van der Waals surface area contributed by atoms with Gasteiger partial charge in [0, 0.05) is 6.54 Å². The first-order valence-corrected chi connectivity index (χ1v) is 7.90. The second-order valence-corrected chi connectivity index (χ2v) is 6.08. The number of hydrogen-bond acceptors (Lipinski definition) is 2. The molecule has 3 nitrogen and oxygen atoms in total. The van der Waals surface area contributed by atoms with Crippen LogP contribution in [0.5, 0.6) is 5.75 Å². The number of imidazole rings is 1. The maximum absolute atomic E-state index is 14.3. The SMILES string of the molecule is COc1cccc2c1nc(-c1ccccc1F)n2CCC(C)C. The topological polar surface area (TPSA) is 27.1 Å². The van der Waals surface area contributed by atoms with Gasteiger partial charge in [-0.2, -0.15) is 0 Å². The number of rotatable bonds is 5. The van der Waals surface area contributed by atoms with E-state index in [1.165, 1.54) is 6.07 Å². The number of aryl methyl sites for hydroxylation is 1. The Kier molecular flexibility index (Phi) is 4.33. The summed E-state index contributed by atoms with van der Waals surface area (Å²) in [5.41, 5.74) is 2.27. The minimum absolute atomic E-state index is 0.257. The van der Waals surface area contributed by atoms with Crippen molar-refractivity contribution >= 4 is 11.0 Å². The summed E-state index contributed by atoms with van der Waals surface area (Å²) >= 11 is 0. The van der Waals surface area contributed by atoms with Crippen molar-refractivity contribution in [2.75, 3.05) is 7.11 Å². The van der Waals surface area contributed by atoms with Crippen LogP contribution >= 0.6 is 0 Å². The number of hydrogen-bond donors (Lipinski definition) is 0. The minimum Gasteiger partial charge on any atom is -0.494 e. The molecular weight excluding hydrogens is 291 g/mol. The number of methoxy groups -OCH3 is 1. The Morgan fingerprint density at radius 1 is 1.13 bits per heavy atom. The molecule has 0 amide bonds. The Bertz CT molecular complexity index is 823. The lowest BCUT2D eigenvalue weighted by molar-refractivity contribution is 0.419. The number of nitrogens with zero attached hydrogens (tertiary/aromatic N) is 2. The van der Waals surface area contributed by atoms with E-state index in [0.717, 1.165) is 24.0 Å². The summed E-state index contributed by atoms with van der Waals surface area (Å²) in [6.45, 7) is 5.16. The number of para-hydroxylation sites is 1. The van der Waals surface area contributed by atoms with Gasteiger partial charge in [-0.3, -0.25) is 0 Å². The van der Waals surface area contributed by atoms with Crippen LogP contribution in [0.1, 0.15) is 20.3 Å². The van der Waals surface area contributed by atoms with Gasteiger partial charge in [-0.25, -0.2) is 9.37 Å². The van der Waals surface area contributed by atoms with Crippen LogP contribution in [-0.4, -0.2) is 16.7 Å². The van der Waals surface area contributed by atoms with E-state index in [1.807, 2.05) is 24.3 Å². The average molecular weight is 312 g/mol. The van der Waals surface area contributed by atoms with Crippen LogP contribution in [0.2, 0.25) is 0 Å². The molecule has 0 aliphatic heterocycles. The van der Waals surface area contributed by atoms with Crippen molar-refractivity contribution < 1.29 is 9.13 Å². The summed E-state index contributed by atoms with van der Waals surface area (Å²) in [4.78, 5) is 4.69. The lowest BCUT2D eigenvalue weighted by atomic mass is 10.1. The van der Waals surface area contributed by atoms with E-state index in [0.29, 0.717) is 23.1 Å². The number of aromatic nitrogens is 2. The zero-order chi connectivity index (χ0) is 16.4. The first-order chi connectivity index (χ1) is 11.1. The van der Waals surface area contributed by atoms with E-state index in [2.05, 4.69) is 18.4 Å². The van der Waals surface area contributed by atoms with Crippen molar-refractivity contribution in [2.45, 2.75) is 26.8 Å². The number of benzene rings is 2.